The Kier molecular flexibility index (Phi) is 2.81. The molecule has 3 aliphatic carbocycles. The van der Waals surface area contributed by atoms with Crippen molar-refractivity contribution in [1.82, 2.24) is 5.32 Å². The van der Waals surface area contributed by atoms with Crippen LogP contribution in [0.2, 0.25) is 0 Å². The van der Waals surface area contributed by atoms with E-state index in [1.54, 1.807) is 0 Å². The predicted octanol–water partition coefficient (Wildman–Crippen LogP) is 0.339. The summed E-state index contributed by atoms with van der Waals surface area (Å²) in [6, 6.07) is -0.347. The van der Waals surface area contributed by atoms with Crippen molar-refractivity contribution < 1.29 is 14.7 Å². The summed E-state index contributed by atoms with van der Waals surface area (Å²) in [4.78, 5) is 22.3. The molecule has 2 bridgehead atoms. The first-order chi connectivity index (χ1) is 8.58. The zero-order valence-electron chi connectivity index (χ0n) is 10.3. The van der Waals surface area contributed by atoms with Crippen LogP contribution in [0.1, 0.15) is 32.1 Å². The summed E-state index contributed by atoms with van der Waals surface area (Å²) in [5, 5.41) is 11.6. The van der Waals surface area contributed by atoms with E-state index in [1.807, 2.05) is 0 Å². The number of rotatable bonds is 5. The second kappa shape index (κ2) is 4.23. The molecule has 18 heavy (non-hydrogen) atoms. The summed E-state index contributed by atoms with van der Waals surface area (Å²) in [6.07, 6.45) is 4.17. The SMILES string of the molecule is NC(CCC(=O)O)C(=O)NC1C2C3CCC(C3)C12. The standard InChI is InChI=1S/C13H20N2O3/c14-8(3-4-9(16)17)13(18)15-12-10-6-1-2-7(5-6)11(10)12/h6-8,10-12H,1-5,14H2,(H,15,18)(H,16,17). The molecular weight excluding hydrogens is 232 g/mol. The number of carbonyl (C=O) groups is 2. The number of carbonyl (C=O) groups excluding carboxylic acids is 1. The van der Waals surface area contributed by atoms with E-state index in [9.17, 15) is 9.59 Å². The smallest absolute Gasteiger partial charge is 0.303 e. The third-order valence-corrected chi connectivity index (χ3v) is 5.05. The molecule has 3 fully saturated rings. The van der Waals surface area contributed by atoms with Crippen molar-refractivity contribution in [2.24, 2.45) is 29.4 Å². The fraction of sp³-hybridized carbons (Fsp3) is 0.846. The highest BCUT2D eigenvalue weighted by atomic mass is 16.4. The molecule has 0 saturated heterocycles. The van der Waals surface area contributed by atoms with Gasteiger partial charge in [-0.25, -0.2) is 0 Å². The van der Waals surface area contributed by atoms with Gasteiger partial charge in [-0.05, 0) is 49.4 Å². The lowest BCUT2D eigenvalue weighted by Crippen LogP contribution is -2.43. The quantitative estimate of drug-likeness (QED) is 0.658. The Hall–Kier alpha value is -1.10. The molecule has 3 saturated carbocycles. The molecular formula is C13H20N2O3. The van der Waals surface area contributed by atoms with Crippen LogP contribution in [0.4, 0.5) is 0 Å². The number of aliphatic carboxylic acids is 1. The van der Waals surface area contributed by atoms with E-state index in [4.69, 9.17) is 10.8 Å². The zero-order chi connectivity index (χ0) is 12.9. The van der Waals surface area contributed by atoms with Crippen LogP contribution >= 0.6 is 0 Å². The molecule has 5 unspecified atom stereocenters. The van der Waals surface area contributed by atoms with Crippen LogP contribution in [-0.4, -0.2) is 29.1 Å². The van der Waals surface area contributed by atoms with Crippen LogP contribution in [0.15, 0.2) is 0 Å². The van der Waals surface area contributed by atoms with Gasteiger partial charge in [0.2, 0.25) is 5.91 Å². The minimum absolute atomic E-state index is 0.0443. The fourth-order valence-corrected chi connectivity index (χ4v) is 4.20. The van der Waals surface area contributed by atoms with Crippen LogP contribution < -0.4 is 11.1 Å². The van der Waals surface area contributed by atoms with Crippen LogP contribution in [0.5, 0.6) is 0 Å². The Bertz CT molecular complexity index is 368. The number of nitrogens with two attached hydrogens (primary N) is 1. The summed E-state index contributed by atoms with van der Waals surface area (Å²) in [5.74, 6) is 1.95. The summed E-state index contributed by atoms with van der Waals surface area (Å²) < 4.78 is 0. The Morgan fingerprint density at radius 1 is 1.28 bits per heavy atom. The number of carboxylic acid groups (broad SMARTS) is 1. The van der Waals surface area contributed by atoms with Crippen LogP contribution in [0.3, 0.4) is 0 Å². The summed E-state index contributed by atoms with van der Waals surface area (Å²) in [6.45, 7) is 0. The van der Waals surface area contributed by atoms with Gasteiger partial charge < -0.3 is 16.2 Å². The number of hydrogen-bond acceptors (Lipinski definition) is 3. The third-order valence-electron chi connectivity index (χ3n) is 5.05. The van der Waals surface area contributed by atoms with Crippen molar-refractivity contribution in [2.45, 2.75) is 44.2 Å². The van der Waals surface area contributed by atoms with Crippen LogP contribution in [0.25, 0.3) is 0 Å². The van der Waals surface area contributed by atoms with E-state index in [0.29, 0.717) is 17.9 Å². The van der Waals surface area contributed by atoms with Crippen molar-refractivity contribution in [1.29, 1.82) is 0 Å². The third kappa shape index (κ3) is 1.90. The lowest BCUT2D eigenvalue weighted by atomic mass is 10.0. The molecule has 0 aromatic heterocycles. The monoisotopic (exact) mass is 252 g/mol. The average molecular weight is 252 g/mol. The molecule has 0 radical (unpaired) electrons. The van der Waals surface area contributed by atoms with E-state index >= 15 is 0 Å². The Morgan fingerprint density at radius 3 is 2.44 bits per heavy atom. The molecule has 5 atom stereocenters. The van der Waals surface area contributed by atoms with E-state index in [0.717, 1.165) is 11.8 Å². The van der Waals surface area contributed by atoms with Gasteiger partial charge in [-0.15, -0.1) is 0 Å². The molecule has 5 nitrogen and oxygen atoms in total. The van der Waals surface area contributed by atoms with Crippen molar-refractivity contribution >= 4 is 11.9 Å². The van der Waals surface area contributed by atoms with Gasteiger partial charge in [0.15, 0.2) is 0 Å². The Balaban J connectivity index is 1.47. The molecule has 1 amide bonds. The van der Waals surface area contributed by atoms with Gasteiger partial charge >= 0.3 is 5.97 Å². The second-order valence-electron chi connectivity index (χ2n) is 6.06. The van der Waals surface area contributed by atoms with E-state index < -0.39 is 12.0 Å². The van der Waals surface area contributed by atoms with E-state index in [2.05, 4.69) is 5.32 Å². The highest BCUT2D eigenvalue weighted by Gasteiger charge is 2.65. The maximum atomic E-state index is 11.8. The van der Waals surface area contributed by atoms with Crippen LogP contribution in [0, 0.1) is 23.7 Å². The van der Waals surface area contributed by atoms with Gasteiger partial charge in [0.1, 0.15) is 0 Å². The van der Waals surface area contributed by atoms with Gasteiger partial charge in [0.25, 0.3) is 0 Å². The van der Waals surface area contributed by atoms with Crippen molar-refractivity contribution in [3.8, 4) is 0 Å². The lowest BCUT2D eigenvalue weighted by Gasteiger charge is -2.14. The minimum Gasteiger partial charge on any atom is -0.481 e. The molecule has 0 aromatic rings. The number of hydrogen-bond donors (Lipinski definition) is 3. The molecule has 0 aromatic carbocycles. The molecule has 0 spiro atoms. The average Bonchev–Trinajstić information content (AvgIpc) is 2.74. The molecule has 3 rings (SSSR count). The Labute approximate surface area is 106 Å². The zero-order valence-corrected chi connectivity index (χ0v) is 10.3. The van der Waals surface area contributed by atoms with Crippen molar-refractivity contribution in [3.63, 3.8) is 0 Å². The predicted molar refractivity (Wildman–Crippen MR) is 64.6 cm³/mol. The largest absolute Gasteiger partial charge is 0.481 e. The van der Waals surface area contributed by atoms with Gasteiger partial charge in [0.05, 0.1) is 6.04 Å². The number of amides is 1. The first-order valence-electron chi connectivity index (χ1n) is 6.85. The van der Waals surface area contributed by atoms with Crippen molar-refractivity contribution in [3.05, 3.63) is 0 Å². The molecule has 0 heterocycles. The maximum Gasteiger partial charge on any atom is 0.303 e. The van der Waals surface area contributed by atoms with E-state index in [1.165, 1.54) is 19.3 Å². The lowest BCUT2D eigenvalue weighted by molar-refractivity contribution is -0.137. The first-order valence-corrected chi connectivity index (χ1v) is 6.85. The summed E-state index contributed by atoms with van der Waals surface area (Å²) >= 11 is 0. The summed E-state index contributed by atoms with van der Waals surface area (Å²) in [5.41, 5.74) is 5.70. The topological polar surface area (TPSA) is 92.4 Å². The molecule has 4 N–H and O–H groups in total. The van der Waals surface area contributed by atoms with E-state index in [-0.39, 0.29) is 18.7 Å². The van der Waals surface area contributed by atoms with Crippen molar-refractivity contribution in [2.75, 3.05) is 0 Å². The minimum atomic E-state index is -0.903. The Morgan fingerprint density at radius 2 is 1.89 bits per heavy atom. The van der Waals surface area contributed by atoms with Gasteiger partial charge in [-0.1, -0.05) is 0 Å². The number of nitrogens with one attached hydrogen (secondary N) is 1. The summed E-state index contributed by atoms with van der Waals surface area (Å²) in [7, 11) is 0. The van der Waals surface area contributed by atoms with Gasteiger partial charge in [-0.2, -0.15) is 0 Å². The molecule has 100 valence electrons. The molecule has 5 heteroatoms. The highest BCUT2D eigenvalue weighted by molar-refractivity contribution is 5.82. The first kappa shape index (κ1) is 12.0. The molecule has 0 aliphatic heterocycles. The highest BCUT2D eigenvalue weighted by Crippen LogP contribution is 2.65. The van der Waals surface area contributed by atoms with Gasteiger partial charge in [0, 0.05) is 12.5 Å². The number of carboxylic acids is 1. The molecule has 3 aliphatic rings. The number of fused-ring (bicyclic) bond motifs is 5. The fourth-order valence-electron chi connectivity index (χ4n) is 4.20. The normalized spacial score (nSPS) is 41.3. The van der Waals surface area contributed by atoms with Gasteiger partial charge in [-0.3, -0.25) is 9.59 Å². The maximum absolute atomic E-state index is 11.8. The van der Waals surface area contributed by atoms with Crippen LogP contribution in [-0.2, 0) is 9.59 Å². The second-order valence-corrected chi connectivity index (χ2v) is 6.06.